The number of hydrogen-bond acceptors (Lipinski definition) is 4. The smallest absolute Gasteiger partial charge is 0.260 e. The average molecular weight is 436 g/mol. The second-order valence-corrected chi connectivity index (χ2v) is 8.83. The van der Waals surface area contributed by atoms with E-state index in [1.807, 2.05) is 29.2 Å². The van der Waals surface area contributed by atoms with E-state index in [1.54, 1.807) is 0 Å². The zero-order valence-corrected chi connectivity index (χ0v) is 18.8. The Morgan fingerprint density at radius 2 is 1.63 bits per heavy atom. The maximum absolute atomic E-state index is 13.1. The van der Waals surface area contributed by atoms with E-state index in [-0.39, 0.29) is 42.9 Å². The highest BCUT2D eigenvalue weighted by atomic mass is 35.5. The fraction of sp³-hybridized carbons (Fsp3) is 0.652. The van der Waals surface area contributed by atoms with Gasteiger partial charge in [0.25, 0.3) is 11.8 Å². The van der Waals surface area contributed by atoms with E-state index in [9.17, 15) is 9.59 Å². The predicted molar refractivity (Wildman–Crippen MR) is 119 cm³/mol. The van der Waals surface area contributed by atoms with Crippen LogP contribution >= 0.6 is 12.4 Å². The Morgan fingerprint density at radius 3 is 2.33 bits per heavy atom. The highest BCUT2D eigenvalue weighted by molar-refractivity contribution is 5.95. The molecule has 6 nitrogen and oxygen atoms in total. The summed E-state index contributed by atoms with van der Waals surface area (Å²) in [7, 11) is 0. The zero-order valence-electron chi connectivity index (χ0n) is 18.0. The standard InChI is InChI=1S/C23H33N3O3.ClH/c1-16-4-3-5-17(2)25(16)22(27)15-29-21-10-6-18(7-11-21)23(28)26-19-8-9-20(26)14-24-13-12-19;/h6-7,10-11,16-17,19-20,24H,3-5,8-9,12-15H2,1-2H3;1H. The number of likely N-dealkylation sites (tertiary alicyclic amines) is 1. The van der Waals surface area contributed by atoms with Crippen molar-refractivity contribution in [3.8, 4) is 5.75 Å². The summed E-state index contributed by atoms with van der Waals surface area (Å²) in [6.45, 7) is 6.14. The number of benzene rings is 1. The van der Waals surface area contributed by atoms with Crippen molar-refractivity contribution in [3.05, 3.63) is 29.8 Å². The topological polar surface area (TPSA) is 61.9 Å². The van der Waals surface area contributed by atoms with Crippen molar-refractivity contribution in [2.75, 3.05) is 19.7 Å². The molecule has 2 bridgehead atoms. The highest BCUT2D eigenvalue weighted by Gasteiger charge is 2.38. The number of amides is 2. The Kier molecular flexibility index (Phi) is 7.64. The Bertz CT molecular complexity index is 718. The lowest BCUT2D eigenvalue weighted by Crippen LogP contribution is -2.49. The van der Waals surface area contributed by atoms with Gasteiger partial charge in [0.1, 0.15) is 5.75 Å². The number of nitrogens with zero attached hydrogens (tertiary/aromatic N) is 2. The van der Waals surface area contributed by atoms with E-state index in [2.05, 4.69) is 24.1 Å². The summed E-state index contributed by atoms with van der Waals surface area (Å²) in [4.78, 5) is 29.7. The normalized spacial score (nSPS) is 28.5. The number of hydrogen-bond donors (Lipinski definition) is 1. The van der Waals surface area contributed by atoms with Gasteiger partial charge in [0.2, 0.25) is 0 Å². The largest absolute Gasteiger partial charge is 0.484 e. The van der Waals surface area contributed by atoms with Crippen LogP contribution in [0.2, 0.25) is 0 Å². The molecular weight excluding hydrogens is 402 g/mol. The number of rotatable bonds is 4. The second-order valence-electron chi connectivity index (χ2n) is 8.83. The van der Waals surface area contributed by atoms with Crippen LogP contribution in [0, 0.1) is 0 Å². The molecule has 166 valence electrons. The number of piperidine rings is 1. The molecule has 0 spiro atoms. The van der Waals surface area contributed by atoms with Crippen molar-refractivity contribution in [2.45, 2.75) is 76.5 Å². The number of ether oxygens (including phenoxy) is 1. The van der Waals surface area contributed by atoms with Crippen LogP contribution in [-0.4, -0.2) is 65.5 Å². The van der Waals surface area contributed by atoms with Crippen molar-refractivity contribution >= 4 is 24.2 Å². The van der Waals surface area contributed by atoms with Gasteiger partial charge in [0.05, 0.1) is 0 Å². The van der Waals surface area contributed by atoms with E-state index in [4.69, 9.17) is 4.74 Å². The Morgan fingerprint density at radius 1 is 0.967 bits per heavy atom. The summed E-state index contributed by atoms with van der Waals surface area (Å²) in [6, 6.07) is 8.46. The third-order valence-electron chi connectivity index (χ3n) is 6.83. The van der Waals surface area contributed by atoms with Crippen LogP contribution in [0.1, 0.15) is 62.7 Å². The number of halogens is 1. The molecule has 3 fully saturated rings. The molecule has 0 aromatic heterocycles. The van der Waals surface area contributed by atoms with E-state index in [0.717, 1.165) is 45.2 Å². The van der Waals surface area contributed by atoms with E-state index >= 15 is 0 Å². The van der Waals surface area contributed by atoms with Gasteiger partial charge in [0.15, 0.2) is 6.61 Å². The first-order chi connectivity index (χ1) is 14.0. The molecule has 3 heterocycles. The maximum atomic E-state index is 13.1. The van der Waals surface area contributed by atoms with Gasteiger partial charge in [-0.05, 0) is 83.2 Å². The summed E-state index contributed by atoms with van der Waals surface area (Å²) in [5.74, 6) is 0.783. The molecule has 1 aromatic carbocycles. The van der Waals surface area contributed by atoms with Crippen molar-refractivity contribution < 1.29 is 14.3 Å². The molecule has 0 saturated carbocycles. The predicted octanol–water partition coefficient (Wildman–Crippen LogP) is 3.24. The van der Waals surface area contributed by atoms with Gasteiger partial charge in [0, 0.05) is 36.3 Å². The van der Waals surface area contributed by atoms with Crippen LogP contribution in [-0.2, 0) is 4.79 Å². The molecule has 1 aromatic rings. The molecule has 3 aliphatic rings. The molecule has 3 aliphatic heterocycles. The molecule has 30 heavy (non-hydrogen) atoms. The summed E-state index contributed by atoms with van der Waals surface area (Å²) >= 11 is 0. The Balaban J connectivity index is 0.00000256. The molecule has 7 heteroatoms. The molecule has 0 radical (unpaired) electrons. The monoisotopic (exact) mass is 435 g/mol. The number of carbonyl (C=O) groups is 2. The lowest BCUT2D eigenvalue weighted by Gasteiger charge is -2.38. The molecular formula is C23H34ClN3O3. The van der Waals surface area contributed by atoms with Gasteiger partial charge >= 0.3 is 0 Å². The lowest BCUT2D eigenvalue weighted by atomic mass is 9.97. The fourth-order valence-corrected chi connectivity index (χ4v) is 5.29. The van der Waals surface area contributed by atoms with Gasteiger partial charge in [-0.2, -0.15) is 0 Å². The SMILES string of the molecule is CC1CCCC(C)N1C(=O)COc1ccc(C(=O)N2C3CCNCC2CC3)cc1.Cl. The van der Waals surface area contributed by atoms with Crippen LogP contribution in [0.25, 0.3) is 0 Å². The fourth-order valence-electron chi connectivity index (χ4n) is 5.29. The second kappa shape index (κ2) is 10.0. The molecule has 1 N–H and O–H groups in total. The minimum atomic E-state index is 0. The molecule has 2 amide bonds. The Hall–Kier alpha value is -1.79. The quantitative estimate of drug-likeness (QED) is 0.788. The number of carbonyl (C=O) groups excluding carboxylic acids is 2. The van der Waals surface area contributed by atoms with Gasteiger partial charge in [-0.1, -0.05) is 0 Å². The van der Waals surface area contributed by atoms with Crippen molar-refractivity contribution in [2.24, 2.45) is 0 Å². The first-order valence-electron chi connectivity index (χ1n) is 11.1. The van der Waals surface area contributed by atoms with Crippen molar-refractivity contribution in [1.82, 2.24) is 15.1 Å². The van der Waals surface area contributed by atoms with Gasteiger partial charge in [-0.3, -0.25) is 9.59 Å². The summed E-state index contributed by atoms with van der Waals surface area (Å²) in [5, 5.41) is 3.43. The van der Waals surface area contributed by atoms with Gasteiger partial charge < -0.3 is 19.9 Å². The first kappa shape index (κ1) is 22.9. The maximum Gasteiger partial charge on any atom is 0.260 e. The van der Waals surface area contributed by atoms with Crippen LogP contribution in [0.15, 0.2) is 24.3 Å². The molecule has 4 atom stereocenters. The Labute approximate surface area is 185 Å². The highest BCUT2D eigenvalue weighted by Crippen LogP contribution is 2.30. The van der Waals surface area contributed by atoms with Crippen LogP contribution in [0.3, 0.4) is 0 Å². The first-order valence-corrected chi connectivity index (χ1v) is 11.1. The summed E-state index contributed by atoms with van der Waals surface area (Å²) in [6.07, 6.45) is 6.51. The third kappa shape index (κ3) is 4.75. The van der Waals surface area contributed by atoms with Crippen LogP contribution in [0.4, 0.5) is 0 Å². The van der Waals surface area contributed by atoms with Crippen LogP contribution in [0.5, 0.6) is 5.75 Å². The van der Waals surface area contributed by atoms with E-state index in [0.29, 0.717) is 23.4 Å². The van der Waals surface area contributed by atoms with Gasteiger partial charge in [-0.25, -0.2) is 0 Å². The third-order valence-corrected chi connectivity index (χ3v) is 6.83. The lowest BCUT2D eigenvalue weighted by molar-refractivity contribution is -0.139. The molecule has 4 unspecified atom stereocenters. The minimum absolute atomic E-state index is 0. The van der Waals surface area contributed by atoms with Crippen molar-refractivity contribution in [3.63, 3.8) is 0 Å². The zero-order chi connectivity index (χ0) is 20.4. The molecule has 3 saturated heterocycles. The minimum Gasteiger partial charge on any atom is -0.484 e. The molecule has 0 aliphatic carbocycles. The summed E-state index contributed by atoms with van der Waals surface area (Å²) in [5.41, 5.74) is 0.695. The molecule has 4 rings (SSSR count). The van der Waals surface area contributed by atoms with E-state index in [1.165, 1.54) is 6.42 Å². The number of nitrogens with one attached hydrogen (secondary N) is 1. The van der Waals surface area contributed by atoms with E-state index < -0.39 is 0 Å². The summed E-state index contributed by atoms with van der Waals surface area (Å²) < 4.78 is 5.75. The van der Waals surface area contributed by atoms with Crippen molar-refractivity contribution in [1.29, 1.82) is 0 Å². The average Bonchev–Trinajstić information content (AvgIpc) is 2.98. The van der Waals surface area contributed by atoms with Crippen LogP contribution < -0.4 is 10.1 Å². The number of fused-ring (bicyclic) bond motifs is 2. The van der Waals surface area contributed by atoms with Gasteiger partial charge in [-0.15, -0.1) is 12.4 Å².